The fraction of sp³-hybridized carbons (Fsp3) is 0.471. The average molecular weight is 270 g/mol. The number of aromatic nitrogens is 1. The van der Waals surface area contributed by atoms with Crippen LogP contribution in [-0.4, -0.2) is 11.5 Å². The number of hydrogen-bond donors (Lipinski definition) is 2. The molecule has 1 unspecified atom stereocenters. The molecule has 3 heteroatoms. The van der Waals surface area contributed by atoms with E-state index in [1.165, 1.54) is 5.56 Å². The molecule has 0 aliphatic heterocycles. The molecule has 0 saturated heterocycles. The topological polar surface area (TPSA) is 44.9 Å². The first-order valence-corrected chi connectivity index (χ1v) is 7.54. The van der Waals surface area contributed by atoms with Gasteiger partial charge in [0.2, 0.25) is 0 Å². The minimum atomic E-state index is 0.0452. The Morgan fingerprint density at radius 3 is 2.80 bits per heavy atom. The van der Waals surface area contributed by atoms with E-state index in [1.54, 1.807) is 0 Å². The second-order valence-corrected chi connectivity index (χ2v) is 6.14. The van der Waals surface area contributed by atoms with Crippen molar-refractivity contribution in [2.75, 3.05) is 6.54 Å². The smallest absolute Gasteiger partial charge is 0.256 e. The van der Waals surface area contributed by atoms with E-state index in [2.05, 4.69) is 30.2 Å². The number of aromatic amines is 1. The zero-order chi connectivity index (χ0) is 14.1. The summed E-state index contributed by atoms with van der Waals surface area (Å²) < 4.78 is 0. The molecule has 0 spiro atoms. The lowest BCUT2D eigenvalue weighted by molar-refractivity contribution is 0.425. The van der Waals surface area contributed by atoms with Gasteiger partial charge in [0, 0.05) is 17.1 Å². The normalized spacial score (nSPS) is 18.4. The summed E-state index contributed by atoms with van der Waals surface area (Å²) in [6, 6.07) is 8.32. The summed E-state index contributed by atoms with van der Waals surface area (Å²) in [6.07, 6.45) is 3.27. The van der Waals surface area contributed by atoms with Crippen LogP contribution in [0.1, 0.15) is 44.0 Å². The van der Waals surface area contributed by atoms with Crippen molar-refractivity contribution in [3.8, 4) is 0 Å². The Morgan fingerprint density at radius 1 is 1.30 bits per heavy atom. The Kier molecular flexibility index (Phi) is 3.62. The van der Waals surface area contributed by atoms with Crippen LogP contribution in [0.3, 0.4) is 0 Å². The number of nitrogens with one attached hydrogen (secondary N) is 2. The number of hydrogen-bond acceptors (Lipinski definition) is 2. The molecule has 1 heterocycles. The van der Waals surface area contributed by atoms with Crippen LogP contribution >= 0.6 is 0 Å². The third-order valence-corrected chi connectivity index (χ3v) is 4.09. The van der Waals surface area contributed by atoms with Crippen molar-refractivity contribution >= 4 is 10.8 Å². The fourth-order valence-corrected chi connectivity index (χ4v) is 3.15. The van der Waals surface area contributed by atoms with Gasteiger partial charge in [-0.1, -0.05) is 32.0 Å². The van der Waals surface area contributed by atoms with Gasteiger partial charge in [0.25, 0.3) is 5.56 Å². The van der Waals surface area contributed by atoms with Gasteiger partial charge in [-0.15, -0.1) is 0 Å². The molecule has 1 aliphatic rings. The summed E-state index contributed by atoms with van der Waals surface area (Å²) in [4.78, 5) is 15.2. The fourth-order valence-electron chi connectivity index (χ4n) is 3.15. The van der Waals surface area contributed by atoms with E-state index in [9.17, 15) is 4.79 Å². The van der Waals surface area contributed by atoms with E-state index in [-0.39, 0.29) is 5.56 Å². The van der Waals surface area contributed by atoms with E-state index < -0.39 is 0 Å². The first kappa shape index (κ1) is 13.4. The lowest BCUT2D eigenvalue weighted by Gasteiger charge is -2.28. The van der Waals surface area contributed by atoms with Crippen LogP contribution in [0.2, 0.25) is 0 Å². The highest BCUT2D eigenvalue weighted by Crippen LogP contribution is 2.32. The second kappa shape index (κ2) is 5.41. The summed E-state index contributed by atoms with van der Waals surface area (Å²) in [5.41, 5.74) is 2.48. The first-order valence-electron chi connectivity index (χ1n) is 7.54. The lowest BCUT2D eigenvalue weighted by Crippen LogP contribution is -2.30. The van der Waals surface area contributed by atoms with Crippen LogP contribution in [0, 0.1) is 5.92 Å². The Bertz CT molecular complexity index is 672. The van der Waals surface area contributed by atoms with Crippen LogP contribution < -0.4 is 10.9 Å². The zero-order valence-corrected chi connectivity index (χ0v) is 12.2. The quantitative estimate of drug-likeness (QED) is 0.900. The average Bonchev–Trinajstić information content (AvgIpc) is 2.45. The molecule has 0 fully saturated rings. The SMILES string of the molecule is CC(C)CNC1CCCc2[nH]c(=O)c3ccccc3c21. The number of rotatable bonds is 3. The standard InChI is InChI=1S/C17H22N2O/c1-11(2)10-18-14-8-5-9-15-16(14)12-6-3-4-7-13(12)17(20)19-15/h3-4,6-7,11,14,18H,5,8-10H2,1-2H3,(H,19,20). The first-order chi connectivity index (χ1) is 9.66. The lowest BCUT2D eigenvalue weighted by atomic mass is 9.87. The molecule has 0 bridgehead atoms. The second-order valence-electron chi connectivity index (χ2n) is 6.14. The number of benzene rings is 1. The summed E-state index contributed by atoms with van der Waals surface area (Å²) in [5, 5.41) is 5.59. The van der Waals surface area contributed by atoms with Crippen LogP contribution in [0.15, 0.2) is 29.1 Å². The molecule has 2 aromatic rings. The van der Waals surface area contributed by atoms with Crippen LogP contribution in [0.5, 0.6) is 0 Å². The minimum Gasteiger partial charge on any atom is -0.325 e. The molecule has 1 atom stereocenters. The van der Waals surface area contributed by atoms with Crippen molar-refractivity contribution in [3.63, 3.8) is 0 Å². The van der Waals surface area contributed by atoms with Gasteiger partial charge >= 0.3 is 0 Å². The van der Waals surface area contributed by atoms with Gasteiger partial charge in [-0.3, -0.25) is 4.79 Å². The molecule has 3 nitrogen and oxygen atoms in total. The van der Waals surface area contributed by atoms with Gasteiger partial charge in [0.1, 0.15) is 0 Å². The van der Waals surface area contributed by atoms with Crippen LogP contribution in [0.4, 0.5) is 0 Å². The van der Waals surface area contributed by atoms with Gasteiger partial charge in [-0.05, 0) is 48.7 Å². The molecule has 106 valence electrons. The largest absolute Gasteiger partial charge is 0.325 e. The van der Waals surface area contributed by atoms with Gasteiger partial charge in [0.15, 0.2) is 0 Å². The highest BCUT2D eigenvalue weighted by Gasteiger charge is 2.23. The third kappa shape index (κ3) is 2.38. The highest BCUT2D eigenvalue weighted by atomic mass is 16.1. The highest BCUT2D eigenvalue weighted by molar-refractivity contribution is 5.86. The Morgan fingerprint density at radius 2 is 2.05 bits per heavy atom. The molecule has 20 heavy (non-hydrogen) atoms. The zero-order valence-electron chi connectivity index (χ0n) is 12.2. The Labute approximate surface area is 119 Å². The van der Waals surface area contributed by atoms with Gasteiger partial charge in [0.05, 0.1) is 0 Å². The van der Waals surface area contributed by atoms with E-state index in [1.807, 2.05) is 18.2 Å². The monoisotopic (exact) mass is 270 g/mol. The predicted molar refractivity (Wildman–Crippen MR) is 83.1 cm³/mol. The van der Waals surface area contributed by atoms with Crippen molar-refractivity contribution in [2.24, 2.45) is 5.92 Å². The van der Waals surface area contributed by atoms with E-state index in [0.29, 0.717) is 12.0 Å². The van der Waals surface area contributed by atoms with Crippen molar-refractivity contribution in [2.45, 2.75) is 39.2 Å². The van der Waals surface area contributed by atoms with E-state index in [4.69, 9.17) is 0 Å². The molecule has 1 aromatic carbocycles. The summed E-state index contributed by atoms with van der Waals surface area (Å²) >= 11 is 0. The van der Waals surface area contributed by atoms with Crippen molar-refractivity contribution in [1.82, 2.24) is 10.3 Å². The maximum Gasteiger partial charge on any atom is 0.256 e. The molecule has 0 saturated carbocycles. The number of H-pyrrole nitrogens is 1. The van der Waals surface area contributed by atoms with Crippen LogP contribution in [0.25, 0.3) is 10.8 Å². The van der Waals surface area contributed by atoms with E-state index in [0.717, 1.165) is 42.3 Å². The minimum absolute atomic E-state index is 0.0452. The molecule has 2 N–H and O–H groups in total. The number of aryl methyl sites for hydroxylation is 1. The molecule has 0 amide bonds. The van der Waals surface area contributed by atoms with Crippen LogP contribution in [-0.2, 0) is 6.42 Å². The molecular weight excluding hydrogens is 248 g/mol. The summed E-state index contributed by atoms with van der Waals surface area (Å²) in [7, 11) is 0. The predicted octanol–water partition coefficient (Wildman–Crippen LogP) is 3.15. The summed E-state index contributed by atoms with van der Waals surface area (Å²) in [6.45, 7) is 5.46. The van der Waals surface area contributed by atoms with E-state index >= 15 is 0 Å². The molecule has 0 radical (unpaired) electrons. The maximum atomic E-state index is 12.1. The maximum absolute atomic E-state index is 12.1. The molecule has 1 aliphatic carbocycles. The number of pyridine rings is 1. The molecule has 3 rings (SSSR count). The van der Waals surface area contributed by atoms with Crippen molar-refractivity contribution in [1.29, 1.82) is 0 Å². The van der Waals surface area contributed by atoms with Gasteiger partial charge in [-0.25, -0.2) is 0 Å². The third-order valence-electron chi connectivity index (χ3n) is 4.09. The Hall–Kier alpha value is -1.61. The molecule has 1 aromatic heterocycles. The Balaban J connectivity index is 2.11. The van der Waals surface area contributed by atoms with Crippen molar-refractivity contribution < 1.29 is 0 Å². The summed E-state index contributed by atoms with van der Waals surface area (Å²) in [5.74, 6) is 0.634. The molecular formula is C17H22N2O. The van der Waals surface area contributed by atoms with Gasteiger partial charge < -0.3 is 10.3 Å². The van der Waals surface area contributed by atoms with Crippen molar-refractivity contribution in [3.05, 3.63) is 45.9 Å². The van der Waals surface area contributed by atoms with Gasteiger partial charge in [-0.2, -0.15) is 0 Å². The number of fused-ring (bicyclic) bond motifs is 3.